The van der Waals surface area contributed by atoms with Gasteiger partial charge in [0.1, 0.15) is 6.10 Å². The second-order valence-electron chi connectivity index (χ2n) is 6.49. The number of carbonyl (C=O) groups excluding carboxylic acids is 1. The molecule has 2 heterocycles. The van der Waals surface area contributed by atoms with Crippen molar-refractivity contribution in [3.63, 3.8) is 0 Å². The molecule has 1 aliphatic heterocycles. The van der Waals surface area contributed by atoms with E-state index < -0.39 is 61.7 Å². The van der Waals surface area contributed by atoms with Gasteiger partial charge in [0.2, 0.25) is 0 Å². The van der Waals surface area contributed by atoms with Gasteiger partial charge < -0.3 is 19.3 Å². The number of hydrogen-bond acceptors (Lipinski definition) is 7. The molecule has 1 saturated heterocycles. The molecule has 2 rings (SSSR count). The average Bonchev–Trinajstić information content (AvgIpc) is 2.76. The van der Waals surface area contributed by atoms with Crippen molar-refractivity contribution < 1.29 is 37.5 Å². The van der Waals surface area contributed by atoms with Gasteiger partial charge in [0, 0.05) is 12.3 Å². The lowest BCUT2D eigenvalue weighted by atomic mass is 9.98. The van der Waals surface area contributed by atoms with Crippen LogP contribution in [0.2, 0.25) is 0 Å². The van der Waals surface area contributed by atoms with E-state index >= 15 is 4.39 Å². The normalized spacial score (nSPS) is 28.5. The second kappa shape index (κ2) is 7.64. The maximum Gasteiger partial charge on any atom is 0.469 e. The number of phosphoric ester groups is 1. The number of H-pyrrole nitrogens is 1. The first-order valence-electron chi connectivity index (χ1n) is 7.89. The fourth-order valence-corrected chi connectivity index (χ4v) is 2.91. The summed E-state index contributed by atoms with van der Waals surface area (Å²) in [5.74, 6) is -1.39. The van der Waals surface area contributed by atoms with Gasteiger partial charge >= 0.3 is 19.5 Å². The van der Waals surface area contributed by atoms with E-state index in [2.05, 4.69) is 4.52 Å². The Bertz CT molecular complexity index is 859. The molecule has 0 saturated carbocycles. The summed E-state index contributed by atoms with van der Waals surface area (Å²) in [6.45, 7) is 3.23. The zero-order valence-electron chi connectivity index (χ0n) is 14.7. The topological polar surface area (TPSA) is 157 Å². The highest BCUT2D eigenvalue weighted by atomic mass is 31.2. The second-order valence-corrected chi connectivity index (χ2v) is 7.73. The molecule has 0 spiro atoms. The zero-order chi connectivity index (χ0) is 20.6. The monoisotopic (exact) mass is 410 g/mol. The minimum atomic E-state index is -4.91. The van der Waals surface area contributed by atoms with Gasteiger partial charge in [-0.05, 0) is 6.92 Å². The van der Waals surface area contributed by atoms with E-state index in [0.717, 1.165) is 23.8 Å². The Hall–Kier alpha value is -1.85. The summed E-state index contributed by atoms with van der Waals surface area (Å²) >= 11 is 0. The quantitative estimate of drug-likeness (QED) is 0.428. The van der Waals surface area contributed by atoms with Crippen LogP contribution in [0.3, 0.4) is 0 Å². The molecule has 13 heteroatoms. The molecule has 0 radical (unpaired) electrons. The van der Waals surface area contributed by atoms with Crippen molar-refractivity contribution in [3.8, 4) is 0 Å². The third kappa shape index (κ3) is 4.90. The molecule has 1 aromatic heterocycles. The number of ether oxygens (including phenoxy) is 2. The van der Waals surface area contributed by atoms with Crippen LogP contribution < -0.4 is 11.2 Å². The fraction of sp³-hybridized carbons (Fsp3) is 0.643. The standard InChI is InChI=1S/C14H20FN2O9P/c1-7(2)11(19)26-10-8(6-24-27(21,22)23)25-12(14(10,3)15)17-5-4-9(18)16-13(17)20/h4-5,7-8,10,12H,6H2,1-3H3,(H,16,18,20)(H2,21,22,23)/t8?,10-,12?,14-/m1/s1. The highest BCUT2D eigenvalue weighted by molar-refractivity contribution is 7.46. The molecule has 1 aromatic rings. The third-order valence-electron chi connectivity index (χ3n) is 3.91. The number of halogens is 1. The summed E-state index contributed by atoms with van der Waals surface area (Å²) in [6.07, 6.45) is -3.68. The number of aromatic nitrogens is 2. The Balaban J connectivity index is 2.39. The Labute approximate surface area is 152 Å². The van der Waals surface area contributed by atoms with Crippen LogP contribution in [0.15, 0.2) is 21.9 Å². The van der Waals surface area contributed by atoms with E-state index in [9.17, 15) is 18.9 Å². The van der Waals surface area contributed by atoms with Crippen LogP contribution in [0.4, 0.5) is 4.39 Å². The number of alkyl halides is 1. The van der Waals surface area contributed by atoms with Gasteiger partial charge in [-0.2, -0.15) is 0 Å². The molecular formula is C14H20FN2O9P. The van der Waals surface area contributed by atoms with E-state index in [1.165, 1.54) is 13.8 Å². The lowest BCUT2D eigenvalue weighted by molar-refractivity contribution is -0.162. The van der Waals surface area contributed by atoms with Gasteiger partial charge in [-0.15, -0.1) is 0 Å². The van der Waals surface area contributed by atoms with Gasteiger partial charge in [0.15, 0.2) is 18.0 Å². The van der Waals surface area contributed by atoms with E-state index in [1.54, 1.807) is 0 Å². The van der Waals surface area contributed by atoms with E-state index in [0.29, 0.717) is 0 Å². The first-order valence-corrected chi connectivity index (χ1v) is 9.42. The maximum atomic E-state index is 15.5. The summed E-state index contributed by atoms with van der Waals surface area (Å²) in [6, 6.07) is 0.968. The average molecular weight is 410 g/mol. The highest BCUT2D eigenvalue weighted by Crippen LogP contribution is 2.44. The van der Waals surface area contributed by atoms with Gasteiger partial charge in [-0.3, -0.25) is 23.7 Å². The molecule has 11 nitrogen and oxygen atoms in total. The van der Waals surface area contributed by atoms with Crippen LogP contribution in [0.25, 0.3) is 0 Å². The van der Waals surface area contributed by atoms with Crippen molar-refractivity contribution in [2.45, 2.75) is 44.9 Å². The highest BCUT2D eigenvalue weighted by Gasteiger charge is 2.58. The van der Waals surface area contributed by atoms with Crippen molar-refractivity contribution in [1.82, 2.24) is 9.55 Å². The Kier molecular flexibility index (Phi) is 6.07. The third-order valence-corrected chi connectivity index (χ3v) is 4.39. The zero-order valence-corrected chi connectivity index (χ0v) is 15.6. The Morgan fingerprint density at radius 1 is 1.48 bits per heavy atom. The summed E-state index contributed by atoms with van der Waals surface area (Å²) in [7, 11) is -4.91. The Morgan fingerprint density at radius 2 is 2.11 bits per heavy atom. The van der Waals surface area contributed by atoms with Crippen LogP contribution in [-0.2, 0) is 23.4 Å². The summed E-state index contributed by atoms with van der Waals surface area (Å²) in [5.41, 5.74) is -4.16. The van der Waals surface area contributed by atoms with Gasteiger partial charge in [0.25, 0.3) is 5.56 Å². The fourth-order valence-electron chi connectivity index (χ4n) is 2.57. The molecule has 3 N–H and O–H groups in total. The first-order chi connectivity index (χ1) is 12.3. The molecule has 1 fully saturated rings. The molecule has 0 bridgehead atoms. The number of carbonyl (C=O) groups is 1. The number of hydrogen-bond donors (Lipinski definition) is 3. The maximum absolute atomic E-state index is 15.5. The number of nitrogens with one attached hydrogen (secondary N) is 1. The molecular weight excluding hydrogens is 390 g/mol. The minimum Gasteiger partial charge on any atom is -0.456 e. The van der Waals surface area contributed by atoms with Crippen molar-refractivity contribution in [3.05, 3.63) is 33.1 Å². The summed E-state index contributed by atoms with van der Waals surface area (Å²) in [4.78, 5) is 54.8. The Morgan fingerprint density at radius 3 is 2.63 bits per heavy atom. The molecule has 1 aliphatic rings. The van der Waals surface area contributed by atoms with E-state index in [1.807, 2.05) is 4.98 Å². The van der Waals surface area contributed by atoms with Gasteiger partial charge in [-0.1, -0.05) is 13.8 Å². The lowest BCUT2D eigenvalue weighted by Gasteiger charge is -2.28. The van der Waals surface area contributed by atoms with Crippen molar-refractivity contribution in [1.29, 1.82) is 0 Å². The first kappa shape index (κ1) is 21.5. The predicted octanol–water partition coefficient (Wildman–Crippen LogP) is -0.161. The molecule has 2 unspecified atom stereocenters. The SMILES string of the molecule is CC(C)C(=O)O[C@@H]1C(COP(=O)(O)O)OC(n2ccc(=O)[nH]c2=O)[C@]1(C)F. The van der Waals surface area contributed by atoms with Gasteiger partial charge in [0.05, 0.1) is 12.5 Å². The molecule has 0 aromatic carbocycles. The van der Waals surface area contributed by atoms with Crippen LogP contribution in [0.1, 0.15) is 27.0 Å². The minimum absolute atomic E-state index is 0.612. The number of rotatable bonds is 6. The molecule has 27 heavy (non-hydrogen) atoms. The lowest BCUT2D eigenvalue weighted by Crippen LogP contribution is -2.46. The largest absolute Gasteiger partial charge is 0.469 e. The van der Waals surface area contributed by atoms with Crippen LogP contribution >= 0.6 is 7.82 Å². The molecule has 152 valence electrons. The predicted molar refractivity (Wildman–Crippen MR) is 87.5 cm³/mol. The van der Waals surface area contributed by atoms with Crippen LogP contribution in [0.5, 0.6) is 0 Å². The van der Waals surface area contributed by atoms with Crippen molar-refractivity contribution >= 4 is 13.8 Å². The smallest absolute Gasteiger partial charge is 0.456 e. The number of aromatic amines is 1. The van der Waals surface area contributed by atoms with Crippen molar-refractivity contribution in [2.75, 3.05) is 6.61 Å². The van der Waals surface area contributed by atoms with E-state index in [-0.39, 0.29) is 0 Å². The van der Waals surface area contributed by atoms with Crippen LogP contribution in [-0.4, -0.2) is 49.8 Å². The van der Waals surface area contributed by atoms with E-state index in [4.69, 9.17) is 19.3 Å². The molecule has 0 aliphatic carbocycles. The molecule has 0 amide bonds. The number of esters is 1. The number of nitrogens with zero attached hydrogens (tertiary/aromatic N) is 1. The summed E-state index contributed by atoms with van der Waals surface area (Å²) in [5, 5.41) is 0. The van der Waals surface area contributed by atoms with Crippen LogP contribution in [0, 0.1) is 5.92 Å². The summed E-state index contributed by atoms with van der Waals surface area (Å²) < 4.78 is 42.1. The molecule has 4 atom stereocenters. The van der Waals surface area contributed by atoms with Gasteiger partial charge in [-0.25, -0.2) is 13.8 Å². The van der Waals surface area contributed by atoms with Crippen molar-refractivity contribution in [2.24, 2.45) is 5.92 Å². The number of phosphoric acid groups is 1.